The molecule has 35 heavy (non-hydrogen) atoms. The minimum Gasteiger partial charge on any atom is -0.394 e. The van der Waals surface area contributed by atoms with Crippen LogP contribution in [0.1, 0.15) is 37.9 Å². The molecule has 190 valence electrons. The van der Waals surface area contributed by atoms with Crippen LogP contribution >= 0.6 is 0 Å². The van der Waals surface area contributed by atoms with E-state index in [0.29, 0.717) is 25.9 Å². The lowest BCUT2D eigenvalue weighted by Crippen LogP contribution is -2.47. The zero-order valence-corrected chi connectivity index (χ0v) is 21.1. The number of carbonyl (C=O) groups is 1. The van der Waals surface area contributed by atoms with Gasteiger partial charge in [0.2, 0.25) is 15.9 Å². The van der Waals surface area contributed by atoms with Crippen molar-refractivity contribution >= 4 is 15.9 Å². The van der Waals surface area contributed by atoms with Crippen LogP contribution in [-0.4, -0.2) is 82.5 Å². The largest absolute Gasteiger partial charge is 0.394 e. The van der Waals surface area contributed by atoms with Gasteiger partial charge in [0.1, 0.15) is 0 Å². The molecule has 0 aliphatic carbocycles. The Labute approximate surface area is 205 Å². The number of hydrogen-bond acceptors (Lipinski definition) is 8. The number of likely N-dealkylation sites (N-methyl/N-ethyl adjacent to an activating group) is 1. The summed E-state index contributed by atoms with van der Waals surface area (Å²) in [6.45, 7) is 4.51. The topological polar surface area (TPSA) is 142 Å². The van der Waals surface area contributed by atoms with Gasteiger partial charge in [0.15, 0.2) is 0 Å². The fourth-order valence-corrected chi connectivity index (χ4v) is 5.23. The van der Waals surface area contributed by atoms with Crippen LogP contribution in [0.4, 0.5) is 0 Å². The quantitative estimate of drug-likeness (QED) is 0.614. The predicted molar refractivity (Wildman–Crippen MR) is 126 cm³/mol. The Bertz CT molecular complexity index is 1160. The van der Waals surface area contributed by atoms with Crippen molar-refractivity contribution < 1.29 is 23.1 Å². The number of ether oxygens (including phenoxy) is 1. The fourth-order valence-electron chi connectivity index (χ4n) is 4.00. The summed E-state index contributed by atoms with van der Waals surface area (Å²) >= 11 is 0. The summed E-state index contributed by atoms with van der Waals surface area (Å²) in [6, 6.07) is 7.44. The summed E-state index contributed by atoms with van der Waals surface area (Å²) in [4.78, 5) is 14.6. The minimum absolute atomic E-state index is 0.0211. The van der Waals surface area contributed by atoms with E-state index < -0.39 is 16.1 Å². The normalized spacial score (nSPS) is 21.0. The molecule has 1 aliphatic heterocycles. The molecule has 0 radical (unpaired) electrons. The highest BCUT2D eigenvalue weighted by atomic mass is 32.2. The van der Waals surface area contributed by atoms with Gasteiger partial charge < -0.3 is 14.7 Å². The van der Waals surface area contributed by atoms with Crippen LogP contribution < -0.4 is 0 Å². The summed E-state index contributed by atoms with van der Waals surface area (Å²) in [5.41, 5.74) is 0.992. The molecular formula is C23H32N6O5S. The summed E-state index contributed by atoms with van der Waals surface area (Å²) < 4.78 is 35.5. The number of aliphatic hydroxyl groups is 1. The second-order valence-electron chi connectivity index (χ2n) is 8.88. The van der Waals surface area contributed by atoms with Crippen molar-refractivity contribution in [1.29, 1.82) is 5.26 Å². The van der Waals surface area contributed by atoms with Gasteiger partial charge in [-0.25, -0.2) is 13.1 Å². The van der Waals surface area contributed by atoms with E-state index in [1.165, 1.54) is 29.6 Å². The van der Waals surface area contributed by atoms with Gasteiger partial charge in [-0.1, -0.05) is 18.2 Å². The van der Waals surface area contributed by atoms with Crippen LogP contribution in [0.15, 0.2) is 35.4 Å². The molecule has 1 amide bonds. The molecule has 0 saturated carbocycles. The molecule has 3 atom stereocenters. The average Bonchev–Trinajstić information content (AvgIpc) is 3.30. The number of carbonyl (C=O) groups excluding carboxylic acids is 1. The predicted octanol–water partition coefficient (Wildman–Crippen LogP) is 0.995. The molecule has 2 aromatic rings. The lowest BCUT2D eigenvalue weighted by molar-refractivity contribution is -0.136. The summed E-state index contributed by atoms with van der Waals surface area (Å²) in [7, 11) is -2.42. The first-order chi connectivity index (χ1) is 16.7. The van der Waals surface area contributed by atoms with Gasteiger partial charge in [-0.3, -0.25) is 4.79 Å². The van der Waals surface area contributed by atoms with Gasteiger partial charge in [0.25, 0.3) is 0 Å². The Kier molecular flexibility index (Phi) is 8.96. The summed E-state index contributed by atoms with van der Waals surface area (Å²) in [6.07, 6.45) is 1.90. The number of benzene rings is 1. The lowest BCUT2D eigenvalue weighted by Gasteiger charge is -2.35. The molecule has 1 aromatic heterocycles. The Morgan fingerprint density at radius 3 is 2.89 bits per heavy atom. The zero-order chi connectivity index (χ0) is 25.6. The van der Waals surface area contributed by atoms with E-state index in [-0.39, 0.29) is 48.1 Å². The third-order valence-corrected chi connectivity index (χ3v) is 8.07. The molecule has 1 aromatic carbocycles. The maximum Gasteiger partial charge on any atom is 0.242 e. The van der Waals surface area contributed by atoms with Gasteiger partial charge in [-0.2, -0.15) is 9.57 Å². The van der Waals surface area contributed by atoms with Crippen molar-refractivity contribution in [2.24, 2.45) is 5.92 Å². The first-order valence-corrected chi connectivity index (χ1v) is 13.0. The molecule has 0 fully saturated rings. The Morgan fingerprint density at radius 1 is 1.40 bits per heavy atom. The number of amides is 1. The first kappa shape index (κ1) is 26.7. The van der Waals surface area contributed by atoms with Crippen LogP contribution in [0.3, 0.4) is 0 Å². The number of fused-ring (bicyclic) bond motifs is 1. The number of aromatic nitrogens is 3. The van der Waals surface area contributed by atoms with E-state index in [9.17, 15) is 18.3 Å². The SMILES string of the molecule is C[C@H]1CN([C@@H](C)CO)C(=O)CCCn2nncc2CO[C@H]1CN(C)S(=O)(=O)c1cccc(C#N)c1. The first-order valence-electron chi connectivity index (χ1n) is 11.5. The zero-order valence-electron chi connectivity index (χ0n) is 20.2. The van der Waals surface area contributed by atoms with Crippen molar-refractivity contribution in [2.75, 3.05) is 26.7 Å². The molecule has 3 rings (SSSR count). The van der Waals surface area contributed by atoms with Crippen LogP contribution in [0.5, 0.6) is 0 Å². The second kappa shape index (κ2) is 11.7. The fraction of sp³-hybridized carbons (Fsp3) is 0.565. The van der Waals surface area contributed by atoms with Crippen molar-refractivity contribution in [3.63, 3.8) is 0 Å². The molecule has 1 N–H and O–H groups in total. The van der Waals surface area contributed by atoms with Crippen LogP contribution in [-0.2, 0) is 32.7 Å². The maximum atomic E-state index is 13.2. The highest BCUT2D eigenvalue weighted by Gasteiger charge is 2.31. The highest BCUT2D eigenvalue weighted by Crippen LogP contribution is 2.21. The van der Waals surface area contributed by atoms with Gasteiger partial charge in [-0.15, -0.1) is 5.10 Å². The van der Waals surface area contributed by atoms with Crippen molar-refractivity contribution in [3.05, 3.63) is 41.7 Å². The number of hydrogen-bond donors (Lipinski definition) is 1. The molecule has 12 heteroatoms. The van der Waals surface area contributed by atoms with E-state index in [1.807, 2.05) is 13.0 Å². The van der Waals surface area contributed by atoms with E-state index >= 15 is 0 Å². The van der Waals surface area contributed by atoms with E-state index in [2.05, 4.69) is 10.3 Å². The third kappa shape index (κ3) is 6.43. The smallest absolute Gasteiger partial charge is 0.242 e. The second-order valence-corrected chi connectivity index (χ2v) is 10.9. The van der Waals surface area contributed by atoms with Gasteiger partial charge in [-0.05, 0) is 31.5 Å². The number of aliphatic hydroxyl groups excluding tert-OH is 1. The highest BCUT2D eigenvalue weighted by molar-refractivity contribution is 7.89. The van der Waals surface area contributed by atoms with Gasteiger partial charge in [0.05, 0.1) is 53.8 Å². The number of aryl methyl sites for hydroxylation is 1. The van der Waals surface area contributed by atoms with Crippen LogP contribution in [0, 0.1) is 17.2 Å². The Hall–Kier alpha value is -2.85. The van der Waals surface area contributed by atoms with Crippen LogP contribution in [0.25, 0.3) is 0 Å². The van der Waals surface area contributed by atoms with E-state index in [1.54, 1.807) is 28.8 Å². The minimum atomic E-state index is -3.89. The number of rotatable bonds is 6. The molecule has 0 saturated heterocycles. The lowest BCUT2D eigenvalue weighted by atomic mass is 10.0. The molecule has 0 unspecified atom stereocenters. The molecule has 2 heterocycles. The average molecular weight is 505 g/mol. The summed E-state index contributed by atoms with van der Waals surface area (Å²) in [5, 5.41) is 26.9. The molecule has 11 nitrogen and oxygen atoms in total. The van der Waals surface area contributed by atoms with E-state index in [4.69, 9.17) is 10.00 Å². The van der Waals surface area contributed by atoms with Crippen molar-refractivity contribution in [2.45, 2.75) is 56.9 Å². The summed E-state index contributed by atoms with van der Waals surface area (Å²) in [5.74, 6) is -0.339. The standard InChI is InChI=1S/C23H32N6O5S/c1-17-13-28(18(2)15-30)23(31)8-5-9-29-20(12-25-26-29)16-34-22(17)14-27(3)35(32,33)21-7-4-6-19(10-21)11-24/h4,6-7,10,12,17-18,22,30H,5,8-9,13-16H2,1-3H3/t17-,18-,22-/m0/s1. The maximum absolute atomic E-state index is 13.2. The monoisotopic (exact) mass is 504 g/mol. The van der Waals surface area contributed by atoms with Gasteiger partial charge in [0, 0.05) is 39.0 Å². The van der Waals surface area contributed by atoms with Gasteiger partial charge >= 0.3 is 0 Å². The van der Waals surface area contributed by atoms with Crippen molar-refractivity contribution in [3.8, 4) is 6.07 Å². The van der Waals surface area contributed by atoms with Crippen molar-refractivity contribution in [1.82, 2.24) is 24.2 Å². The molecule has 0 bridgehead atoms. The Balaban J connectivity index is 1.88. The molecular weight excluding hydrogens is 472 g/mol. The number of nitrogens with zero attached hydrogens (tertiary/aromatic N) is 6. The Morgan fingerprint density at radius 2 is 2.17 bits per heavy atom. The molecule has 0 spiro atoms. The third-order valence-electron chi connectivity index (χ3n) is 6.25. The van der Waals surface area contributed by atoms with E-state index in [0.717, 1.165) is 5.69 Å². The van der Waals surface area contributed by atoms with Crippen LogP contribution in [0.2, 0.25) is 0 Å². The number of sulfonamides is 1. The number of nitriles is 1. The molecule has 1 aliphatic rings.